The van der Waals surface area contributed by atoms with Crippen LogP contribution >= 0.6 is 15.9 Å². The molecular formula is C16H16BrNO. The molecule has 0 aromatic heterocycles. The van der Waals surface area contributed by atoms with Gasteiger partial charge >= 0.3 is 0 Å². The van der Waals surface area contributed by atoms with Crippen molar-refractivity contribution in [3.05, 3.63) is 63.1 Å². The van der Waals surface area contributed by atoms with Crippen LogP contribution in [0.15, 0.2) is 40.9 Å². The molecule has 98 valence electrons. The second kappa shape index (κ2) is 5.57. The molecule has 3 heteroatoms. The van der Waals surface area contributed by atoms with Crippen LogP contribution in [-0.4, -0.2) is 5.91 Å². The van der Waals surface area contributed by atoms with Crippen LogP contribution in [0.5, 0.6) is 0 Å². The molecule has 0 aliphatic carbocycles. The molecule has 0 unspecified atom stereocenters. The normalized spacial score (nSPS) is 10.3. The number of aryl methyl sites for hydroxylation is 3. The van der Waals surface area contributed by atoms with Gasteiger partial charge in [0, 0.05) is 15.7 Å². The van der Waals surface area contributed by atoms with Crippen molar-refractivity contribution in [2.24, 2.45) is 0 Å². The van der Waals surface area contributed by atoms with E-state index in [4.69, 9.17) is 0 Å². The van der Waals surface area contributed by atoms with Crippen LogP contribution in [0.3, 0.4) is 0 Å². The van der Waals surface area contributed by atoms with Crippen LogP contribution in [-0.2, 0) is 0 Å². The number of benzene rings is 2. The topological polar surface area (TPSA) is 29.1 Å². The Kier molecular flexibility index (Phi) is 4.05. The highest BCUT2D eigenvalue weighted by Crippen LogP contribution is 2.20. The lowest BCUT2D eigenvalue weighted by atomic mass is 10.1. The van der Waals surface area contributed by atoms with Crippen LogP contribution in [0.2, 0.25) is 0 Å². The molecule has 0 saturated carbocycles. The van der Waals surface area contributed by atoms with Crippen molar-refractivity contribution in [3.63, 3.8) is 0 Å². The fourth-order valence-corrected chi connectivity index (χ4v) is 2.73. The standard InChI is InChI=1S/C16H16BrNO/c1-10-4-11(2)6-13(5-10)16(19)18-15-8-12(3)7-14(17)9-15/h4-9H,1-3H3,(H,18,19). The van der Waals surface area contributed by atoms with Crippen LogP contribution in [0.25, 0.3) is 0 Å². The summed E-state index contributed by atoms with van der Waals surface area (Å²) in [5.41, 5.74) is 4.78. The van der Waals surface area contributed by atoms with Crippen molar-refractivity contribution < 1.29 is 4.79 Å². The highest BCUT2D eigenvalue weighted by atomic mass is 79.9. The van der Waals surface area contributed by atoms with E-state index in [2.05, 4.69) is 27.3 Å². The quantitative estimate of drug-likeness (QED) is 0.859. The minimum Gasteiger partial charge on any atom is -0.322 e. The molecule has 1 amide bonds. The fourth-order valence-electron chi connectivity index (χ4n) is 2.12. The van der Waals surface area contributed by atoms with Gasteiger partial charge < -0.3 is 5.32 Å². The number of hydrogen-bond acceptors (Lipinski definition) is 1. The summed E-state index contributed by atoms with van der Waals surface area (Å²) >= 11 is 3.43. The summed E-state index contributed by atoms with van der Waals surface area (Å²) < 4.78 is 0.961. The Balaban J connectivity index is 2.25. The van der Waals surface area contributed by atoms with Crippen molar-refractivity contribution in [2.45, 2.75) is 20.8 Å². The van der Waals surface area contributed by atoms with Gasteiger partial charge in [-0.1, -0.05) is 33.1 Å². The molecule has 0 spiro atoms. The molecular weight excluding hydrogens is 302 g/mol. The van der Waals surface area contributed by atoms with Gasteiger partial charge in [-0.2, -0.15) is 0 Å². The molecule has 2 aromatic rings. The van der Waals surface area contributed by atoms with E-state index < -0.39 is 0 Å². The van der Waals surface area contributed by atoms with Gasteiger partial charge in [-0.3, -0.25) is 4.79 Å². The summed E-state index contributed by atoms with van der Waals surface area (Å²) in [7, 11) is 0. The number of carbonyl (C=O) groups excluding carboxylic acids is 1. The zero-order chi connectivity index (χ0) is 14.0. The van der Waals surface area contributed by atoms with Crippen molar-refractivity contribution in [2.75, 3.05) is 5.32 Å². The van der Waals surface area contributed by atoms with Crippen molar-refractivity contribution in [1.29, 1.82) is 0 Å². The minimum atomic E-state index is -0.0794. The predicted octanol–water partition coefficient (Wildman–Crippen LogP) is 4.63. The fraction of sp³-hybridized carbons (Fsp3) is 0.188. The number of rotatable bonds is 2. The Bertz CT molecular complexity index is 594. The lowest BCUT2D eigenvalue weighted by Gasteiger charge is -2.08. The van der Waals surface area contributed by atoms with Crippen molar-refractivity contribution >= 4 is 27.5 Å². The zero-order valence-electron chi connectivity index (χ0n) is 11.3. The third-order valence-corrected chi connectivity index (χ3v) is 3.24. The minimum absolute atomic E-state index is 0.0794. The molecule has 0 aliphatic heterocycles. The monoisotopic (exact) mass is 317 g/mol. The van der Waals surface area contributed by atoms with Gasteiger partial charge in [0.1, 0.15) is 0 Å². The molecule has 1 N–H and O–H groups in total. The lowest BCUT2D eigenvalue weighted by Crippen LogP contribution is -2.12. The van der Waals surface area contributed by atoms with Gasteiger partial charge in [-0.15, -0.1) is 0 Å². The number of nitrogens with one attached hydrogen (secondary N) is 1. The molecule has 0 heterocycles. The second-order valence-electron chi connectivity index (χ2n) is 4.85. The maximum atomic E-state index is 12.2. The highest BCUT2D eigenvalue weighted by molar-refractivity contribution is 9.10. The van der Waals surface area contributed by atoms with Crippen LogP contribution in [0, 0.1) is 20.8 Å². The van der Waals surface area contributed by atoms with E-state index in [9.17, 15) is 4.79 Å². The first kappa shape index (κ1) is 13.8. The molecule has 0 saturated heterocycles. The molecule has 0 radical (unpaired) electrons. The Morgan fingerprint density at radius 1 is 0.895 bits per heavy atom. The average molecular weight is 318 g/mol. The Labute approximate surface area is 122 Å². The van der Waals surface area contributed by atoms with Gasteiger partial charge in [0.15, 0.2) is 0 Å². The first-order valence-electron chi connectivity index (χ1n) is 6.11. The third kappa shape index (κ3) is 3.67. The Morgan fingerprint density at radius 2 is 1.47 bits per heavy atom. The van der Waals surface area contributed by atoms with E-state index >= 15 is 0 Å². The number of amides is 1. The van der Waals surface area contributed by atoms with Gasteiger partial charge in [0.25, 0.3) is 5.91 Å². The summed E-state index contributed by atoms with van der Waals surface area (Å²) in [6.07, 6.45) is 0. The van der Waals surface area contributed by atoms with E-state index in [1.54, 1.807) is 0 Å². The second-order valence-corrected chi connectivity index (χ2v) is 5.76. The third-order valence-electron chi connectivity index (χ3n) is 2.78. The van der Waals surface area contributed by atoms with Crippen molar-refractivity contribution in [1.82, 2.24) is 0 Å². The summed E-state index contributed by atoms with van der Waals surface area (Å²) in [6.45, 7) is 5.98. The van der Waals surface area contributed by atoms with Gasteiger partial charge in [0.2, 0.25) is 0 Å². The first-order chi connectivity index (χ1) is 8.94. The maximum Gasteiger partial charge on any atom is 0.255 e. The molecule has 2 nitrogen and oxygen atoms in total. The number of anilines is 1. The molecule has 2 aromatic carbocycles. The molecule has 19 heavy (non-hydrogen) atoms. The summed E-state index contributed by atoms with van der Waals surface area (Å²) in [5.74, 6) is -0.0794. The SMILES string of the molecule is Cc1cc(Br)cc(NC(=O)c2cc(C)cc(C)c2)c1. The summed E-state index contributed by atoms with van der Waals surface area (Å²) in [5, 5.41) is 2.93. The van der Waals surface area contributed by atoms with E-state index in [0.717, 1.165) is 26.9 Å². The summed E-state index contributed by atoms with van der Waals surface area (Å²) in [6, 6.07) is 11.7. The number of hydrogen-bond donors (Lipinski definition) is 1. The maximum absolute atomic E-state index is 12.2. The average Bonchev–Trinajstić information content (AvgIpc) is 2.25. The van der Waals surface area contributed by atoms with E-state index in [-0.39, 0.29) is 5.91 Å². The summed E-state index contributed by atoms with van der Waals surface area (Å²) in [4.78, 5) is 12.2. The Morgan fingerprint density at radius 3 is 2.05 bits per heavy atom. The smallest absolute Gasteiger partial charge is 0.255 e. The first-order valence-corrected chi connectivity index (χ1v) is 6.90. The molecule has 2 rings (SSSR count). The van der Waals surface area contributed by atoms with E-state index in [0.29, 0.717) is 5.56 Å². The molecule has 0 bridgehead atoms. The van der Waals surface area contributed by atoms with Crippen LogP contribution in [0.4, 0.5) is 5.69 Å². The molecule has 0 atom stereocenters. The predicted molar refractivity (Wildman–Crippen MR) is 82.7 cm³/mol. The van der Waals surface area contributed by atoms with Gasteiger partial charge in [-0.25, -0.2) is 0 Å². The number of halogens is 1. The van der Waals surface area contributed by atoms with Gasteiger partial charge in [0.05, 0.1) is 0 Å². The Hall–Kier alpha value is -1.61. The largest absolute Gasteiger partial charge is 0.322 e. The molecule has 0 aliphatic rings. The zero-order valence-corrected chi connectivity index (χ0v) is 12.8. The van der Waals surface area contributed by atoms with Gasteiger partial charge in [-0.05, 0) is 56.7 Å². The van der Waals surface area contributed by atoms with Crippen LogP contribution in [0.1, 0.15) is 27.0 Å². The highest BCUT2D eigenvalue weighted by Gasteiger charge is 2.07. The van der Waals surface area contributed by atoms with Crippen molar-refractivity contribution in [3.8, 4) is 0 Å². The van der Waals surface area contributed by atoms with E-state index in [1.807, 2.05) is 51.1 Å². The number of carbonyl (C=O) groups is 1. The molecule has 0 fully saturated rings. The van der Waals surface area contributed by atoms with E-state index in [1.165, 1.54) is 0 Å². The lowest BCUT2D eigenvalue weighted by molar-refractivity contribution is 0.102. The van der Waals surface area contributed by atoms with Crippen LogP contribution < -0.4 is 5.32 Å².